The molecule has 2 heterocycles. The van der Waals surface area contributed by atoms with Crippen molar-refractivity contribution in [2.24, 2.45) is 0 Å². The molecular weight excluding hydrogens is 291 g/mol. The summed E-state index contributed by atoms with van der Waals surface area (Å²) >= 11 is 9.10. The SMILES string of the molecule is Clc1ncc(NCc2ccncn2)cc1Br. The van der Waals surface area contributed by atoms with Gasteiger partial charge in [0.05, 0.1) is 28.6 Å². The quantitative estimate of drug-likeness (QED) is 0.885. The maximum absolute atomic E-state index is 5.79. The van der Waals surface area contributed by atoms with Crippen LogP contribution in [-0.2, 0) is 6.54 Å². The number of nitrogens with zero attached hydrogens (tertiary/aromatic N) is 3. The molecule has 0 amide bonds. The third-order valence-electron chi connectivity index (χ3n) is 1.91. The van der Waals surface area contributed by atoms with Crippen molar-refractivity contribution < 1.29 is 0 Å². The normalized spacial score (nSPS) is 10.1. The molecule has 0 saturated heterocycles. The van der Waals surface area contributed by atoms with E-state index in [0.717, 1.165) is 15.9 Å². The summed E-state index contributed by atoms with van der Waals surface area (Å²) in [5, 5.41) is 3.64. The zero-order valence-corrected chi connectivity index (χ0v) is 10.5. The van der Waals surface area contributed by atoms with Crippen molar-refractivity contribution in [2.45, 2.75) is 6.54 Å². The number of aromatic nitrogens is 3. The summed E-state index contributed by atoms with van der Waals surface area (Å²) in [6.45, 7) is 0.623. The smallest absolute Gasteiger partial charge is 0.143 e. The third-order valence-corrected chi connectivity index (χ3v) is 3.05. The van der Waals surface area contributed by atoms with Crippen LogP contribution >= 0.6 is 27.5 Å². The first-order valence-electron chi connectivity index (χ1n) is 4.55. The third kappa shape index (κ3) is 2.90. The van der Waals surface area contributed by atoms with Crippen LogP contribution in [0, 0.1) is 0 Å². The summed E-state index contributed by atoms with van der Waals surface area (Å²) in [5.41, 5.74) is 1.80. The molecule has 4 nitrogen and oxygen atoms in total. The molecule has 2 aromatic heterocycles. The molecule has 82 valence electrons. The highest BCUT2D eigenvalue weighted by Crippen LogP contribution is 2.22. The predicted octanol–water partition coefficient (Wildman–Crippen LogP) is 2.90. The minimum atomic E-state index is 0.451. The Kier molecular flexibility index (Phi) is 3.69. The fourth-order valence-corrected chi connectivity index (χ4v) is 1.59. The minimum absolute atomic E-state index is 0.451. The minimum Gasteiger partial charge on any atom is -0.378 e. The Morgan fingerprint density at radius 1 is 1.38 bits per heavy atom. The van der Waals surface area contributed by atoms with E-state index in [0.29, 0.717) is 11.7 Å². The molecule has 0 aromatic carbocycles. The fourth-order valence-electron chi connectivity index (χ4n) is 1.13. The van der Waals surface area contributed by atoms with E-state index < -0.39 is 0 Å². The van der Waals surface area contributed by atoms with Gasteiger partial charge in [-0.1, -0.05) is 11.6 Å². The predicted molar refractivity (Wildman–Crippen MR) is 66.3 cm³/mol. The van der Waals surface area contributed by atoms with Crippen molar-refractivity contribution in [3.63, 3.8) is 0 Å². The summed E-state index contributed by atoms with van der Waals surface area (Å²) in [7, 11) is 0. The van der Waals surface area contributed by atoms with Crippen molar-refractivity contribution in [2.75, 3.05) is 5.32 Å². The molecule has 1 N–H and O–H groups in total. The van der Waals surface area contributed by atoms with Crippen molar-refractivity contribution in [1.82, 2.24) is 15.0 Å². The maximum Gasteiger partial charge on any atom is 0.143 e. The number of halogens is 2. The number of rotatable bonds is 3. The highest BCUT2D eigenvalue weighted by molar-refractivity contribution is 9.10. The van der Waals surface area contributed by atoms with Gasteiger partial charge < -0.3 is 5.32 Å². The van der Waals surface area contributed by atoms with E-state index in [9.17, 15) is 0 Å². The topological polar surface area (TPSA) is 50.7 Å². The maximum atomic E-state index is 5.79. The first kappa shape index (κ1) is 11.3. The largest absolute Gasteiger partial charge is 0.378 e. The van der Waals surface area contributed by atoms with E-state index in [2.05, 4.69) is 36.2 Å². The highest BCUT2D eigenvalue weighted by atomic mass is 79.9. The lowest BCUT2D eigenvalue weighted by Gasteiger charge is -2.05. The van der Waals surface area contributed by atoms with Crippen molar-refractivity contribution in [3.05, 3.63) is 46.2 Å². The fraction of sp³-hybridized carbons (Fsp3) is 0.100. The van der Waals surface area contributed by atoms with E-state index in [4.69, 9.17) is 11.6 Å². The average molecular weight is 300 g/mol. The van der Waals surface area contributed by atoms with Crippen LogP contribution in [0.1, 0.15) is 5.69 Å². The Morgan fingerprint density at radius 2 is 2.25 bits per heavy atom. The summed E-state index contributed by atoms with van der Waals surface area (Å²) in [5.74, 6) is 0. The number of hydrogen-bond acceptors (Lipinski definition) is 4. The zero-order valence-electron chi connectivity index (χ0n) is 8.19. The van der Waals surface area contributed by atoms with Gasteiger partial charge in [0, 0.05) is 6.20 Å². The highest BCUT2D eigenvalue weighted by Gasteiger charge is 2.00. The molecule has 0 bridgehead atoms. The molecule has 0 aliphatic heterocycles. The Balaban J connectivity index is 2.03. The summed E-state index contributed by atoms with van der Waals surface area (Å²) in [6, 6.07) is 3.72. The van der Waals surface area contributed by atoms with Crippen molar-refractivity contribution >= 4 is 33.2 Å². The van der Waals surface area contributed by atoms with Gasteiger partial charge in [0.25, 0.3) is 0 Å². The van der Waals surface area contributed by atoms with Gasteiger partial charge in [0.2, 0.25) is 0 Å². The lowest BCUT2D eigenvalue weighted by molar-refractivity contribution is 1.00. The Morgan fingerprint density at radius 3 is 2.94 bits per heavy atom. The standard InChI is InChI=1S/C10H8BrClN4/c11-9-3-8(5-15-10(9)12)14-4-7-1-2-13-6-16-7/h1-3,5-6,14H,4H2. The second kappa shape index (κ2) is 5.23. The van der Waals surface area contributed by atoms with E-state index >= 15 is 0 Å². The van der Waals surface area contributed by atoms with Gasteiger partial charge in [-0.05, 0) is 28.1 Å². The molecule has 2 aromatic rings. The number of hydrogen-bond donors (Lipinski definition) is 1. The van der Waals surface area contributed by atoms with Gasteiger partial charge in [0.15, 0.2) is 0 Å². The molecule has 0 unspecified atom stereocenters. The van der Waals surface area contributed by atoms with Gasteiger partial charge >= 0.3 is 0 Å². The number of pyridine rings is 1. The van der Waals surface area contributed by atoms with Crippen LogP contribution in [-0.4, -0.2) is 15.0 Å². The second-order valence-electron chi connectivity index (χ2n) is 3.05. The number of anilines is 1. The lowest BCUT2D eigenvalue weighted by Crippen LogP contribution is -2.01. The molecular formula is C10H8BrClN4. The molecule has 0 fully saturated rings. The van der Waals surface area contributed by atoms with Crippen LogP contribution in [0.4, 0.5) is 5.69 Å². The Labute approximate surface area is 106 Å². The number of nitrogens with one attached hydrogen (secondary N) is 1. The molecule has 0 atom stereocenters. The van der Waals surface area contributed by atoms with Gasteiger partial charge in [0.1, 0.15) is 11.5 Å². The lowest BCUT2D eigenvalue weighted by atomic mass is 10.3. The van der Waals surface area contributed by atoms with Crippen LogP contribution in [0.25, 0.3) is 0 Å². The monoisotopic (exact) mass is 298 g/mol. The van der Waals surface area contributed by atoms with E-state index in [1.165, 1.54) is 6.33 Å². The van der Waals surface area contributed by atoms with Gasteiger partial charge in [-0.2, -0.15) is 0 Å². The summed E-state index contributed by atoms with van der Waals surface area (Å²) < 4.78 is 0.766. The van der Waals surface area contributed by atoms with Crippen molar-refractivity contribution in [3.8, 4) is 0 Å². The molecule has 0 aliphatic rings. The van der Waals surface area contributed by atoms with Crippen LogP contribution < -0.4 is 5.32 Å². The Bertz CT molecular complexity index is 478. The van der Waals surface area contributed by atoms with Crippen molar-refractivity contribution in [1.29, 1.82) is 0 Å². The molecule has 16 heavy (non-hydrogen) atoms. The molecule has 0 spiro atoms. The van der Waals surface area contributed by atoms with E-state index in [1.54, 1.807) is 12.4 Å². The van der Waals surface area contributed by atoms with Crippen LogP contribution in [0.15, 0.2) is 35.3 Å². The zero-order chi connectivity index (χ0) is 11.4. The van der Waals surface area contributed by atoms with Crippen LogP contribution in [0.2, 0.25) is 5.15 Å². The molecule has 0 aliphatic carbocycles. The molecule has 0 radical (unpaired) electrons. The molecule has 0 saturated carbocycles. The van der Waals surface area contributed by atoms with Crippen LogP contribution in [0.5, 0.6) is 0 Å². The molecule has 2 rings (SSSR count). The first-order valence-corrected chi connectivity index (χ1v) is 5.72. The summed E-state index contributed by atoms with van der Waals surface area (Å²) in [6.07, 6.45) is 4.90. The summed E-state index contributed by atoms with van der Waals surface area (Å²) in [4.78, 5) is 12.0. The Hall–Kier alpha value is -1.20. The average Bonchev–Trinajstić information content (AvgIpc) is 2.32. The molecule has 6 heteroatoms. The van der Waals surface area contributed by atoms with Gasteiger partial charge in [-0.3, -0.25) is 0 Å². The van der Waals surface area contributed by atoms with Crippen LogP contribution in [0.3, 0.4) is 0 Å². The van der Waals surface area contributed by atoms with E-state index in [-0.39, 0.29) is 0 Å². The van der Waals surface area contributed by atoms with E-state index in [1.807, 2.05) is 12.1 Å². The first-order chi connectivity index (χ1) is 7.75. The second-order valence-corrected chi connectivity index (χ2v) is 4.26. The van der Waals surface area contributed by atoms with Gasteiger partial charge in [-0.25, -0.2) is 15.0 Å². The van der Waals surface area contributed by atoms with Gasteiger partial charge in [-0.15, -0.1) is 0 Å².